The molecule has 3 rings (SSSR count). The Kier molecular flexibility index (Phi) is 4.66. The Morgan fingerprint density at radius 3 is 2.65 bits per heavy atom. The zero-order chi connectivity index (χ0) is 18.8. The molecule has 0 fully saturated rings. The number of hydrogen-bond donors (Lipinski definition) is 2. The number of aromatic hydroxyl groups is 1. The van der Waals surface area contributed by atoms with E-state index in [0.29, 0.717) is 6.07 Å². The van der Waals surface area contributed by atoms with Gasteiger partial charge in [0.1, 0.15) is 24.0 Å². The summed E-state index contributed by atoms with van der Waals surface area (Å²) >= 11 is 0. The number of nitrogens with one attached hydrogen (secondary N) is 1. The molecule has 0 aliphatic rings. The van der Waals surface area contributed by atoms with E-state index in [-0.39, 0.29) is 34.3 Å². The van der Waals surface area contributed by atoms with Crippen molar-refractivity contribution < 1.29 is 27.8 Å². The van der Waals surface area contributed by atoms with Crippen molar-refractivity contribution in [3.63, 3.8) is 0 Å². The van der Waals surface area contributed by atoms with Crippen LogP contribution in [0.5, 0.6) is 5.75 Å². The smallest absolute Gasteiger partial charge is 0.325 e. The number of nitrogens with zero attached hydrogens (tertiary/aromatic N) is 1. The van der Waals surface area contributed by atoms with Gasteiger partial charge in [0, 0.05) is 23.2 Å². The highest BCUT2D eigenvalue weighted by Gasteiger charge is 2.16. The van der Waals surface area contributed by atoms with E-state index in [4.69, 9.17) is 0 Å². The zero-order valence-corrected chi connectivity index (χ0v) is 13.5. The summed E-state index contributed by atoms with van der Waals surface area (Å²) in [5.74, 6) is -3.69. The lowest BCUT2D eigenvalue weighted by Crippen LogP contribution is -2.16. The SMILES string of the molecule is COC(=O)CNc1ncc(-c2ccc(O)c(F)c2)c2cc(F)cc(F)c12. The van der Waals surface area contributed by atoms with Crippen LogP contribution in [0.2, 0.25) is 0 Å². The number of ether oxygens (including phenoxy) is 1. The monoisotopic (exact) mass is 362 g/mol. The number of halogens is 3. The third kappa shape index (κ3) is 3.26. The maximum atomic E-state index is 14.4. The van der Waals surface area contributed by atoms with Crippen LogP contribution in [0.4, 0.5) is 19.0 Å². The second-order valence-electron chi connectivity index (χ2n) is 5.43. The fourth-order valence-corrected chi connectivity index (χ4v) is 2.56. The van der Waals surface area contributed by atoms with E-state index < -0.39 is 29.2 Å². The van der Waals surface area contributed by atoms with E-state index in [1.165, 1.54) is 19.4 Å². The molecular weight excluding hydrogens is 349 g/mol. The van der Waals surface area contributed by atoms with Gasteiger partial charge in [-0.15, -0.1) is 0 Å². The zero-order valence-electron chi connectivity index (χ0n) is 13.5. The normalized spacial score (nSPS) is 10.8. The number of pyridine rings is 1. The van der Waals surface area contributed by atoms with Gasteiger partial charge in [-0.1, -0.05) is 6.07 Å². The van der Waals surface area contributed by atoms with Crippen molar-refractivity contribution in [1.29, 1.82) is 0 Å². The van der Waals surface area contributed by atoms with Crippen LogP contribution in [-0.4, -0.2) is 29.7 Å². The van der Waals surface area contributed by atoms with Gasteiger partial charge in [0.05, 0.1) is 12.5 Å². The topological polar surface area (TPSA) is 71.5 Å². The predicted molar refractivity (Wildman–Crippen MR) is 89.2 cm³/mol. The molecule has 0 unspecified atom stereocenters. The summed E-state index contributed by atoms with van der Waals surface area (Å²) < 4.78 is 46.3. The first-order valence-electron chi connectivity index (χ1n) is 7.48. The van der Waals surface area contributed by atoms with Gasteiger partial charge in [-0.25, -0.2) is 18.2 Å². The van der Waals surface area contributed by atoms with Crippen molar-refractivity contribution in [2.45, 2.75) is 0 Å². The quantitative estimate of drug-likeness (QED) is 0.694. The van der Waals surface area contributed by atoms with E-state index in [0.717, 1.165) is 18.2 Å². The first-order valence-corrected chi connectivity index (χ1v) is 7.48. The molecule has 5 nitrogen and oxygen atoms in total. The van der Waals surface area contributed by atoms with Crippen molar-refractivity contribution in [2.75, 3.05) is 19.0 Å². The lowest BCUT2D eigenvalue weighted by molar-refractivity contribution is -0.138. The van der Waals surface area contributed by atoms with E-state index in [1.54, 1.807) is 0 Å². The van der Waals surface area contributed by atoms with Crippen LogP contribution in [0.1, 0.15) is 0 Å². The van der Waals surface area contributed by atoms with Crippen LogP contribution in [0, 0.1) is 17.5 Å². The number of phenolic OH excluding ortho intramolecular Hbond substituents is 1. The molecule has 0 bridgehead atoms. The maximum absolute atomic E-state index is 14.4. The predicted octanol–water partition coefficient (Wildman–Crippen LogP) is 3.61. The minimum atomic E-state index is -0.888. The van der Waals surface area contributed by atoms with Crippen molar-refractivity contribution in [1.82, 2.24) is 4.98 Å². The summed E-state index contributed by atoms with van der Waals surface area (Å²) in [6, 6.07) is 5.35. The van der Waals surface area contributed by atoms with Gasteiger partial charge in [0.25, 0.3) is 0 Å². The summed E-state index contributed by atoms with van der Waals surface area (Å²) in [6.07, 6.45) is 1.30. The second-order valence-corrected chi connectivity index (χ2v) is 5.43. The van der Waals surface area contributed by atoms with E-state index >= 15 is 0 Å². The Labute approximate surface area is 146 Å². The van der Waals surface area contributed by atoms with Crippen LogP contribution < -0.4 is 5.32 Å². The summed E-state index contributed by atoms with van der Waals surface area (Å²) in [5, 5.41) is 12.0. The molecule has 1 heterocycles. The molecule has 2 N–H and O–H groups in total. The molecule has 0 amide bonds. The Balaban J connectivity index is 2.19. The number of esters is 1. The van der Waals surface area contributed by atoms with Gasteiger partial charge in [-0.3, -0.25) is 4.79 Å². The van der Waals surface area contributed by atoms with Gasteiger partial charge < -0.3 is 15.2 Å². The number of carbonyl (C=O) groups is 1. The number of phenols is 1. The number of fused-ring (bicyclic) bond motifs is 1. The Bertz CT molecular complexity index is 1010. The van der Waals surface area contributed by atoms with Gasteiger partial charge in [-0.2, -0.15) is 0 Å². The molecular formula is C18H13F3N2O3. The van der Waals surface area contributed by atoms with Crippen LogP contribution in [0.25, 0.3) is 21.9 Å². The molecule has 1 aromatic heterocycles. The van der Waals surface area contributed by atoms with Gasteiger partial charge in [0.2, 0.25) is 0 Å². The highest BCUT2D eigenvalue weighted by molar-refractivity contribution is 6.02. The van der Waals surface area contributed by atoms with Gasteiger partial charge in [0.15, 0.2) is 11.6 Å². The minimum absolute atomic E-state index is 0.0194. The molecule has 8 heteroatoms. The molecule has 3 aromatic rings. The summed E-state index contributed by atoms with van der Waals surface area (Å²) in [4.78, 5) is 15.4. The molecule has 0 saturated carbocycles. The molecule has 134 valence electrons. The number of carbonyl (C=O) groups excluding carboxylic acids is 1. The second kappa shape index (κ2) is 6.91. The van der Waals surface area contributed by atoms with Crippen LogP contribution in [0.15, 0.2) is 36.5 Å². The van der Waals surface area contributed by atoms with Crippen molar-refractivity contribution >= 4 is 22.6 Å². The van der Waals surface area contributed by atoms with Crippen LogP contribution >= 0.6 is 0 Å². The number of methoxy groups -OCH3 is 1. The Morgan fingerprint density at radius 1 is 1.19 bits per heavy atom. The number of anilines is 1. The third-order valence-electron chi connectivity index (χ3n) is 3.79. The average Bonchev–Trinajstić information content (AvgIpc) is 2.61. The van der Waals surface area contributed by atoms with Crippen molar-refractivity contribution in [2.24, 2.45) is 0 Å². The van der Waals surface area contributed by atoms with Gasteiger partial charge in [-0.05, 0) is 23.8 Å². The fraction of sp³-hybridized carbons (Fsp3) is 0.111. The lowest BCUT2D eigenvalue weighted by atomic mass is 9.99. The molecule has 0 spiro atoms. The lowest BCUT2D eigenvalue weighted by Gasteiger charge is -2.13. The highest BCUT2D eigenvalue weighted by atomic mass is 19.1. The molecule has 2 aromatic carbocycles. The molecule has 0 radical (unpaired) electrons. The Hall–Kier alpha value is -3.29. The molecule has 0 atom stereocenters. The molecule has 26 heavy (non-hydrogen) atoms. The average molecular weight is 362 g/mol. The van der Waals surface area contributed by atoms with E-state index in [1.807, 2.05) is 0 Å². The van der Waals surface area contributed by atoms with E-state index in [9.17, 15) is 23.1 Å². The molecule has 0 aliphatic carbocycles. The van der Waals surface area contributed by atoms with E-state index in [2.05, 4.69) is 15.0 Å². The third-order valence-corrected chi connectivity index (χ3v) is 3.79. The standard InChI is InChI=1S/C18H13F3N2O3/c1-26-16(25)8-23-18-17-11(5-10(19)6-14(17)21)12(7-22-18)9-2-3-15(24)13(20)4-9/h2-7,24H,8H2,1H3,(H,22,23). The number of aromatic nitrogens is 1. The maximum Gasteiger partial charge on any atom is 0.325 e. The molecule has 0 aliphatic heterocycles. The Morgan fingerprint density at radius 2 is 1.96 bits per heavy atom. The summed E-state index contributed by atoms with van der Waals surface area (Å²) in [5.41, 5.74) is 0.545. The first-order chi connectivity index (χ1) is 12.4. The van der Waals surface area contributed by atoms with Crippen LogP contribution in [0.3, 0.4) is 0 Å². The summed E-state index contributed by atoms with van der Waals surface area (Å²) in [6.45, 7) is -0.261. The van der Waals surface area contributed by atoms with Crippen molar-refractivity contribution in [3.05, 3.63) is 54.0 Å². The van der Waals surface area contributed by atoms with Crippen LogP contribution in [-0.2, 0) is 9.53 Å². The molecule has 0 saturated heterocycles. The number of rotatable bonds is 4. The first kappa shape index (κ1) is 17.5. The fourth-order valence-electron chi connectivity index (χ4n) is 2.56. The number of benzene rings is 2. The van der Waals surface area contributed by atoms with Crippen molar-refractivity contribution in [3.8, 4) is 16.9 Å². The van der Waals surface area contributed by atoms with Gasteiger partial charge >= 0.3 is 5.97 Å². The largest absolute Gasteiger partial charge is 0.505 e. The minimum Gasteiger partial charge on any atom is -0.505 e. The summed E-state index contributed by atoms with van der Waals surface area (Å²) in [7, 11) is 1.20. The number of hydrogen-bond acceptors (Lipinski definition) is 5. The highest BCUT2D eigenvalue weighted by Crippen LogP contribution is 2.35.